The molecule has 2 rings (SSSR count). The molecule has 2 nitrogen and oxygen atoms in total. The van der Waals surface area contributed by atoms with Crippen molar-refractivity contribution in [2.75, 3.05) is 0 Å². The van der Waals surface area contributed by atoms with Crippen molar-refractivity contribution in [1.82, 2.24) is 0 Å². The van der Waals surface area contributed by atoms with Gasteiger partial charge in [0.25, 0.3) is 0 Å². The maximum absolute atomic E-state index is 11.6. The Balaban J connectivity index is 2.42. The highest BCUT2D eigenvalue weighted by molar-refractivity contribution is 5.91. The fourth-order valence-electron chi connectivity index (χ4n) is 3.57. The largest absolute Gasteiger partial charge is 0.458 e. The van der Waals surface area contributed by atoms with E-state index in [0.717, 1.165) is 12.8 Å². The van der Waals surface area contributed by atoms with E-state index in [-0.39, 0.29) is 28.8 Å². The molecule has 1 heterocycles. The van der Waals surface area contributed by atoms with Crippen LogP contribution in [0, 0.1) is 16.7 Å². The molecule has 0 spiro atoms. The van der Waals surface area contributed by atoms with Crippen LogP contribution in [-0.4, -0.2) is 12.1 Å². The van der Waals surface area contributed by atoms with E-state index >= 15 is 0 Å². The van der Waals surface area contributed by atoms with Crippen LogP contribution >= 0.6 is 0 Å². The fraction of sp³-hybridized carbons (Fsp3) is 0.643. The van der Waals surface area contributed by atoms with Crippen LogP contribution in [0.15, 0.2) is 24.8 Å². The van der Waals surface area contributed by atoms with Crippen molar-refractivity contribution in [3.05, 3.63) is 24.8 Å². The second-order valence-electron chi connectivity index (χ2n) is 6.20. The highest BCUT2D eigenvalue weighted by Crippen LogP contribution is 2.55. The smallest absolute Gasteiger partial charge is 0.334 e. The van der Waals surface area contributed by atoms with E-state index in [1.165, 1.54) is 0 Å². The minimum absolute atomic E-state index is 0.00764. The van der Waals surface area contributed by atoms with Crippen LogP contribution in [0.3, 0.4) is 0 Å². The van der Waals surface area contributed by atoms with Crippen molar-refractivity contribution in [3.8, 4) is 0 Å². The van der Waals surface area contributed by atoms with Crippen molar-refractivity contribution in [2.45, 2.75) is 39.7 Å². The quantitative estimate of drug-likeness (QED) is 0.385. The van der Waals surface area contributed by atoms with Crippen LogP contribution in [0.1, 0.15) is 33.6 Å². The van der Waals surface area contributed by atoms with Crippen LogP contribution in [0.4, 0.5) is 0 Å². The van der Waals surface area contributed by atoms with Gasteiger partial charge in [-0.2, -0.15) is 0 Å². The summed E-state index contributed by atoms with van der Waals surface area (Å²) < 4.78 is 5.42. The first-order valence-electron chi connectivity index (χ1n) is 5.82. The van der Waals surface area contributed by atoms with Gasteiger partial charge in [0.1, 0.15) is 6.10 Å². The molecule has 0 aromatic heterocycles. The third kappa shape index (κ3) is 1.51. The summed E-state index contributed by atoms with van der Waals surface area (Å²) in [4.78, 5) is 11.6. The summed E-state index contributed by atoms with van der Waals surface area (Å²) >= 11 is 0. The molecule has 88 valence electrons. The molecule has 2 heteroatoms. The topological polar surface area (TPSA) is 26.3 Å². The van der Waals surface area contributed by atoms with Crippen LogP contribution in [-0.2, 0) is 9.53 Å². The average Bonchev–Trinajstić information content (AvgIpc) is 2.40. The molecular weight excluding hydrogens is 200 g/mol. The van der Waals surface area contributed by atoms with Gasteiger partial charge in [-0.15, -0.1) is 6.58 Å². The van der Waals surface area contributed by atoms with Crippen molar-refractivity contribution in [2.24, 2.45) is 16.7 Å². The molecule has 0 radical (unpaired) electrons. The molecule has 0 amide bonds. The average molecular weight is 220 g/mol. The summed E-state index contributed by atoms with van der Waals surface area (Å²) in [5.74, 6) is -0.105. The number of carbonyl (C=O) groups excluding carboxylic acids is 1. The first-order valence-corrected chi connectivity index (χ1v) is 5.82. The van der Waals surface area contributed by atoms with Gasteiger partial charge in [-0.3, -0.25) is 0 Å². The summed E-state index contributed by atoms with van der Waals surface area (Å²) in [5.41, 5.74) is 0.743. The minimum Gasteiger partial charge on any atom is -0.458 e. The van der Waals surface area contributed by atoms with E-state index < -0.39 is 0 Å². The molecule has 2 fully saturated rings. The predicted octanol–water partition coefficient (Wildman–Crippen LogP) is 3.10. The summed E-state index contributed by atoms with van der Waals surface area (Å²) in [6, 6.07) is 0. The van der Waals surface area contributed by atoms with Gasteiger partial charge in [-0.05, 0) is 23.7 Å². The van der Waals surface area contributed by atoms with Crippen LogP contribution in [0.5, 0.6) is 0 Å². The number of esters is 1. The zero-order chi connectivity index (χ0) is 12.1. The standard InChI is InChI=1S/C14H20O2/c1-6-14(5)8-13(3,4)7-10-11(14)9(2)12(15)16-10/h6,10-11H,1-2,7-8H2,3-5H3. The normalized spacial score (nSPS) is 41.4. The van der Waals surface area contributed by atoms with Crippen molar-refractivity contribution in [1.29, 1.82) is 0 Å². The Hall–Kier alpha value is -1.05. The molecular formula is C14H20O2. The molecule has 0 aromatic carbocycles. The number of ether oxygens (including phenoxy) is 1. The molecule has 1 saturated heterocycles. The zero-order valence-corrected chi connectivity index (χ0v) is 10.4. The molecule has 16 heavy (non-hydrogen) atoms. The van der Waals surface area contributed by atoms with E-state index in [1.54, 1.807) is 0 Å². The van der Waals surface area contributed by atoms with Gasteiger partial charge in [0.2, 0.25) is 0 Å². The number of hydrogen-bond acceptors (Lipinski definition) is 2. The van der Waals surface area contributed by atoms with Crippen molar-refractivity contribution < 1.29 is 9.53 Å². The van der Waals surface area contributed by atoms with E-state index in [9.17, 15) is 4.79 Å². The van der Waals surface area contributed by atoms with Crippen LogP contribution < -0.4 is 0 Å². The second-order valence-corrected chi connectivity index (χ2v) is 6.20. The number of rotatable bonds is 1. The maximum Gasteiger partial charge on any atom is 0.334 e. The van der Waals surface area contributed by atoms with Gasteiger partial charge >= 0.3 is 5.97 Å². The summed E-state index contributed by atoms with van der Waals surface area (Å²) in [7, 11) is 0. The first kappa shape index (κ1) is 11.4. The van der Waals surface area contributed by atoms with Crippen LogP contribution in [0.25, 0.3) is 0 Å². The monoisotopic (exact) mass is 220 g/mol. The first-order chi connectivity index (χ1) is 7.29. The molecule has 1 aliphatic carbocycles. The van der Waals surface area contributed by atoms with E-state index in [4.69, 9.17) is 4.74 Å². The fourth-order valence-corrected chi connectivity index (χ4v) is 3.57. The van der Waals surface area contributed by atoms with E-state index in [0.29, 0.717) is 5.57 Å². The Morgan fingerprint density at radius 1 is 1.44 bits per heavy atom. The molecule has 3 unspecified atom stereocenters. The van der Waals surface area contributed by atoms with E-state index in [1.807, 2.05) is 6.08 Å². The van der Waals surface area contributed by atoms with Gasteiger partial charge in [0.05, 0.1) is 0 Å². The van der Waals surface area contributed by atoms with E-state index in [2.05, 4.69) is 33.9 Å². The third-order valence-electron chi connectivity index (χ3n) is 4.06. The number of allylic oxidation sites excluding steroid dienone is 1. The number of fused-ring (bicyclic) bond motifs is 1. The van der Waals surface area contributed by atoms with Crippen molar-refractivity contribution >= 4 is 5.97 Å². The Kier molecular flexibility index (Phi) is 2.30. The summed E-state index contributed by atoms with van der Waals surface area (Å²) in [6.45, 7) is 14.4. The Morgan fingerprint density at radius 2 is 2.06 bits per heavy atom. The lowest BCUT2D eigenvalue weighted by Gasteiger charge is -2.47. The Morgan fingerprint density at radius 3 is 2.62 bits per heavy atom. The Labute approximate surface area is 97.4 Å². The highest BCUT2D eigenvalue weighted by atomic mass is 16.6. The molecule has 0 aromatic rings. The Bertz CT molecular complexity index is 367. The SMILES string of the molecule is C=CC1(C)CC(C)(C)CC2OC(=O)C(=C)C21. The van der Waals surface area contributed by atoms with Gasteiger partial charge < -0.3 is 4.74 Å². The lowest BCUT2D eigenvalue weighted by molar-refractivity contribution is -0.142. The number of carbonyl (C=O) groups is 1. The molecule has 0 bridgehead atoms. The van der Waals surface area contributed by atoms with Crippen molar-refractivity contribution in [3.63, 3.8) is 0 Å². The van der Waals surface area contributed by atoms with Gasteiger partial charge in [0, 0.05) is 11.5 Å². The zero-order valence-electron chi connectivity index (χ0n) is 10.4. The molecule has 2 aliphatic rings. The van der Waals surface area contributed by atoms with Gasteiger partial charge in [-0.1, -0.05) is 33.4 Å². The minimum atomic E-state index is -0.222. The lowest BCUT2D eigenvalue weighted by atomic mass is 9.57. The lowest BCUT2D eigenvalue weighted by Crippen LogP contribution is -2.44. The second kappa shape index (κ2) is 3.22. The third-order valence-corrected chi connectivity index (χ3v) is 4.06. The summed E-state index contributed by atoms with van der Waals surface area (Å²) in [5, 5.41) is 0. The molecule has 1 aliphatic heterocycles. The van der Waals surface area contributed by atoms with Gasteiger partial charge in [0.15, 0.2) is 0 Å². The molecule has 1 saturated carbocycles. The molecule has 3 atom stereocenters. The maximum atomic E-state index is 11.6. The molecule has 0 N–H and O–H groups in total. The highest BCUT2D eigenvalue weighted by Gasteiger charge is 2.54. The van der Waals surface area contributed by atoms with Gasteiger partial charge in [-0.25, -0.2) is 4.79 Å². The summed E-state index contributed by atoms with van der Waals surface area (Å²) in [6.07, 6.45) is 3.91. The predicted molar refractivity (Wildman–Crippen MR) is 63.8 cm³/mol. The number of hydrogen-bond donors (Lipinski definition) is 0. The van der Waals surface area contributed by atoms with Crippen LogP contribution in [0.2, 0.25) is 0 Å².